The molecule has 1 saturated heterocycles. The van der Waals surface area contributed by atoms with Gasteiger partial charge >= 0.3 is 0 Å². The van der Waals surface area contributed by atoms with E-state index < -0.39 is 0 Å². The third kappa shape index (κ3) is 3.35. The lowest BCUT2D eigenvalue weighted by Crippen LogP contribution is -2.18. The van der Waals surface area contributed by atoms with Crippen molar-refractivity contribution in [3.8, 4) is 16.8 Å². The van der Waals surface area contributed by atoms with Crippen LogP contribution in [0.2, 0.25) is 0 Å². The van der Waals surface area contributed by atoms with Crippen LogP contribution in [-0.2, 0) is 6.54 Å². The number of rotatable bonds is 4. The molecule has 0 N–H and O–H groups in total. The fourth-order valence-electron chi connectivity index (χ4n) is 4.75. The van der Waals surface area contributed by atoms with E-state index >= 15 is 0 Å². The predicted octanol–water partition coefficient (Wildman–Crippen LogP) is 5.98. The van der Waals surface area contributed by atoms with E-state index in [2.05, 4.69) is 51.3 Å². The number of para-hydroxylation sites is 1. The van der Waals surface area contributed by atoms with Crippen molar-refractivity contribution in [1.82, 2.24) is 19.4 Å². The monoisotopic (exact) mass is 422 g/mol. The molecule has 0 radical (unpaired) electrons. The summed E-state index contributed by atoms with van der Waals surface area (Å²) in [5, 5.41) is 0.964. The van der Waals surface area contributed by atoms with E-state index in [-0.39, 0.29) is 5.82 Å². The van der Waals surface area contributed by atoms with Crippen molar-refractivity contribution in [2.45, 2.75) is 19.4 Å². The molecule has 6 rings (SSSR count). The normalized spacial score (nSPS) is 14.5. The van der Waals surface area contributed by atoms with Crippen LogP contribution in [0.5, 0.6) is 0 Å². The summed E-state index contributed by atoms with van der Waals surface area (Å²) in [4.78, 5) is 11.6. The van der Waals surface area contributed by atoms with E-state index in [1.54, 1.807) is 24.7 Å². The van der Waals surface area contributed by atoms with Gasteiger partial charge in [0.05, 0.1) is 22.9 Å². The first kappa shape index (κ1) is 19.1. The average molecular weight is 423 g/mol. The van der Waals surface area contributed by atoms with Crippen molar-refractivity contribution < 1.29 is 4.39 Å². The van der Waals surface area contributed by atoms with Crippen LogP contribution < -0.4 is 0 Å². The molecule has 32 heavy (non-hydrogen) atoms. The first-order valence-corrected chi connectivity index (χ1v) is 11.1. The number of halogens is 1. The molecule has 0 unspecified atom stereocenters. The lowest BCUT2D eigenvalue weighted by atomic mass is 10.0. The van der Waals surface area contributed by atoms with Crippen molar-refractivity contribution in [1.29, 1.82) is 0 Å². The summed E-state index contributed by atoms with van der Waals surface area (Å²) >= 11 is 0. The summed E-state index contributed by atoms with van der Waals surface area (Å²) < 4.78 is 16.4. The van der Waals surface area contributed by atoms with E-state index in [1.807, 2.05) is 16.7 Å². The maximum Gasteiger partial charge on any atom is 0.147 e. The Bertz CT molecular complexity index is 1430. The van der Waals surface area contributed by atoms with Crippen molar-refractivity contribution in [3.05, 3.63) is 90.6 Å². The largest absolute Gasteiger partial charge is 0.299 e. The minimum atomic E-state index is -0.275. The number of imidazole rings is 1. The smallest absolute Gasteiger partial charge is 0.147 e. The molecular weight excluding hydrogens is 399 g/mol. The molecule has 0 saturated carbocycles. The van der Waals surface area contributed by atoms with Gasteiger partial charge in [0.1, 0.15) is 17.7 Å². The predicted molar refractivity (Wildman–Crippen MR) is 126 cm³/mol. The second kappa shape index (κ2) is 7.84. The van der Waals surface area contributed by atoms with Gasteiger partial charge in [-0.2, -0.15) is 0 Å². The Labute approximate surface area is 186 Å². The van der Waals surface area contributed by atoms with Crippen molar-refractivity contribution in [2.75, 3.05) is 13.1 Å². The summed E-state index contributed by atoms with van der Waals surface area (Å²) in [6, 6.07) is 21.8. The van der Waals surface area contributed by atoms with Crippen LogP contribution in [0.15, 0.2) is 79.3 Å². The number of benzene rings is 3. The molecule has 5 aromatic rings. The van der Waals surface area contributed by atoms with Gasteiger partial charge in [-0.15, -0.1) is 0 Å². The highest BCUT2D eigenvalue weighted by molar-refractivity contribution is 6.04. The van der Waals surface area contributed by atoms with Gasteiger partial charge in [-0.3, -0.25) is 14.5 Å². The Morgan fingerprint density at radius 1 is 0.812 bits per heavy atom. The molecule has 1 fully saturated rings. The second-order valence-corrected chi connectivity index (χ2v) is 8.47. The van der Waals surface area contributed by atoms with Crippen LogP contribution in [0.3, 0.4) is 0 Å². The van der Waals surface area contributed by atoms with Crippen molar-refractivity contribution in [2.24, 2.45) is 0 Å². The summed E-state index contributed by atoms with van der Waals surface area (Å²) in [6.07, 6.45) is 6.02. The standard InChI is InChI=1S/C27H23FN4/c28-23-8-1-2-9-26(23)32-18-30-25-16-29-24-11-10-21(15-22(24)27(25)32)20-7-5-6-19(14-20)17-31-12-3-4-13-31/h1-2,5-11,14-16,18H,3-4,12-13,17H2. The van der Waals surface area contributed by atoms with Gasteiger partial charge < -0.3 is 0 Å². The Hall–Kier alpha value is -3.57. The molecule has 4 nitrogen and oxygen atoms in total. The molecule has 5 heteroatoms. The Kier molecular flexibility index (Phi) is 4.69. The highest BCUT2D eigenvalue weighted by Crippen LogP contribution is 2.31. The Balaban J connectivity index is 1.48. The maximum atomic E-state index is 14.6. The van der Waals surface area contributed by atoms with Gasteiger partial charge in [0.2, 0.25) is 0 Å². The zero-order chi connectivity index (χ0) is 21.5. The maximum absolute atomic E-state index is 14.6. The van der Waals surface area contributed by atoms with E-state index in [1.165, 1.54) is 43.1 Å². The molecule has 0 amide bonds. The second-order valence-electron chi connectivity index (χ2n) is 8.47. The summed E-state index contributed by atoms with van der Waals surface area (Å²) in [6.45, 7) is 3.36. The molecule has 2 aromatic heterocycles. The van der Waals surface area contributed by atoms with E-state index in [9.17, 15) is 4.39 Å². The summed E-state index contributed by atoms with van der Waals surface area (Å²) in [5.41, 5.74) is 6.61. The molecular formula is C27H23FN4. The van der Waals surface area contributed by atoms with Gasteiger partial charge in [0.25, 0.3) is 0 Å². The molecule has 1 aliphatic heterocycles. The molecule has 1 aliphatic rings. The highest BCUT2D eigenvalue weighted by atomic mass is 19.1. The van der Waals surface area contributed by atoms with Gasteiger partial charge in [0.15, 0.2) is 0 Å². The van der Waals surface area contributed by atoms with E-state index in [4.69, 9.17) is 0 Å². The molecule has 0 spiro atoms. The molecule has 3 heterocycles. The first-order chi connectivity index (χ1) is 15.8. The number of pyridine rings is 1. The van der Waals surface area contributed by atoms with Gasteiger partial charge in [-0.1, -0.05) is 36.4 Å². The summed E-state index contributed by atoms with van der Waals surface area (Å²) in [5.74, 6) is -0.275. The number of nitrogens with zero attached hydrogens (tertiary/aromatic N) is 4. The zero-order valence-electron chi connectivity index (χ0n) is 17.7. The van der Waals surface area contributed by atoms with Crippen molar-refractivity contribution >= 4 is 21.9 Å². The first-order valence-electron chi connectivity index (χ1n) is 11.1. The van der Waals surface area contributed by atoms with Gasteiger partial charge in [0, 0.05) is 11.9 Å². The fraction of sp³-hybridized carbons (Fsp3) is 0.185. The molecule has 158 valence electrons. The zero-order valence-corrected chi connectivity index (χ0v) is 17.7. The lowest BCUT2D eigenvalue weighted by Gasteiger charge is -2.15. The highest BCUT2D eigenvalue weighted by Gasteiger charge is 2.14. The van der Waals surface area contributed by atoms with Crippen molar-refractivity contribution in [3.63, 3.8) is 0 Å². The summed E-state index contributed by atoms with van der Waals surface area (Å²) in [7, 11) is 0. The number of hydrogen-bond acceptors (Lipinski definition) is 3. The molecule has 0 bridgehead atoms. The van der Waals surface area contributed by atoms with E-state index in [0.717, 1.165) is 34.0 Å². The van der Waals surface area contributed by atoms with Crippen LogP contribution in [0.4, 0.5) is 4.39 Å². The third-order valence-electron chi connectivity index (χ3n) is 6.35. The fourth-order valence-corrected chi connectivity index (χ4v) is 4.75. The minimum Gasteiger partial charge on any atom is -0.299 e. The van der Waals surface area contributed by atoms with Crippen LogP contribution >= 0.6 is 0 Å². The van der Waals surface area contributed by atoms with Crippen LogP contribution in [0, 0.1) is 5.82 Å². The van der Waals surface area contributed by atoms with Crippen LogP contribution in [0.25, 0.3) is 38.8 Å². The Morgan fingerprint density at radius 2 is 1.66 bits per heavy atom. The minimum absolute atomic E-state index is 0.275. The molecule has 0 atom stereocenters. The SMILES string of the molecule is Fc1ccccc1-n1cnc2cnc3ccc(-c4cccc(CN5CCCC5)c4)cc3c21. The average Bonchev–Trinajstić information content (AvgIpc) is 3.49. The number of likely N-dealkylation sites (tertiary alicyclic amines) is 1. The third-order valence-corrected chi connectivity index (χ3v) is 6.35. The quantitative estimate of drug-likeness (QED) is 0.357. The van der Waals surface area contributed by atoms with Crippen LogP contribution in [-0.4, -0.2) is 32.5 Å². The van der Waals surface area contributed by atoms with Gasteiger partial charge in [-0.05, 0) is 73.0 Å². The molecule has 3 aromatic carbocycles. The number of fused-ring (bicyclic) bond motifs is 3. The number of hydrogen-bond donors (Lipinski definition) is 0. The van der Waals surface area contributed by atoms with Gasteiger partial charge in [-0.25, -0.2) is 9.37 Å². The topological polar surface area (TPSA) is 34.0 Å². The number of aromatic nitrogens is 3. The van der Waals surface area contributed by atoms with E-state index in [0.29, 0.717) is 5.69 Å². The molecule has 0 aliphatic carbocycles. The van der Waals surface area contributed by atoms with Crippen LogP contribution in [0.1, 0.15) is 18.4 Å². The Morgan fingerprint density at radius 3 is 2.53 bits per heavy atom. The lowest BCUT2D eigenvalue weighted by molar-refractivity contribution is 0.331.